The van der Waals surface area contributed by atoms with Crippen LogP contribution in [0.4, 0.5) is 5.69 Å². The monoisotopic (exact) mass is 240 g/mol. The van der Waals surface area contributed by atoms with Gasteiger partial charge in [0.15, 0.2) is 0 Å². The fourth-order valence-corrected chi connectivity index (χ4v) is 1.48. The molecule has 13 heavy (non-hydrogen) atoms. The molecule has 66 valence electrons. The summed E-state index contributed by atoms with van der Waals surface area (Å²) in [4.78, 5) is 10.7. The Bertz CT molecular complexity index is 409. The number of carbonyl (C=O) groups is 1. The number of hydrogen-bond acceptors (Lipinski definition) is 3. The first-order chi connectivity index (χ1) is 6.06. The van der Waals surface area contributed by atoms with Crippen LogP contribution in [-0.4, -0.2) is 11.1 Å². The van der Waals surface area contributed by atoms with Crippen LogP contribution in [0.1, 0.15) is 15.9 Å². The lowest BCUT2D eigenvalue weighted by molar-refractivity contribution is 0.0696. The van der Waals surface area contributed by atoms with E-state index in [1.54, 1.807) is 6.07 Å². The predicted molar refractivity (Wildman–Crippen MR) is 50.2 cm³/mol. The summed E-state index contributed by atoms with van der Waals surface area (Å²) in [5, 5.41) is 17.4. The van der Waals surface area contributed by atoms with Crippen LogP contribution in [0.3, 0.4) is 0 Å². The highest BCUT2D eigenvalue weighted by molar-refractivity contribution is 9.10. The summed E-state index contributed by atoms with van der Waals surface area (Å²) < 4.78 is 0.396. The summed E-state index contributed by atoms with van der Waals surface area (Å²) in [6.07, 6.45) is 0. The van der Waals surface area contributed by atoms with Crippen molar-refractivity contribution in [2.24, 2.45) is 0 Å². The summed E-state index contributed by atoms with van der Waals surface area (Å²) in [5.41, 5.74) is 5.72. The van der Waals surface area contributed by atoms with Gasteiger partial charge in [-0.25, -0.2) is 4.79 Å². The smallest absolute Gasteiger partial charge is 0.337 e. The van der Waals surface area contributed by atoms with Crippen molar-refractivity contribution < 1.29 is 9.90 Å². The van der Waals surface area contributed by atoms with Gasteiger partial charge in [0.05, 0.1) is 11.1 Å². The highest BCUT2D eigenvalue weighted by Crippen LogP contribution is 2.23. The number of aromatic carboxylic acids is 1. The summed E-state index contributed by atoms with van der Waals surface area (Å²) in [5.74, 6) is -1.16. The van der Waals surface area contributed by atoms with E-state index in [4.69, 9.17) is 16.1 Å². The number of nitriles is 1. The predicted octanol–water partition coefficient (Wildman–Crippen LogP) is 1.60. The van der Waals surface area contributed by atoms with E-state index in [1.807, 2.05) is 0 Å². The standard InChI is InChI=1S/C8H5BrN2O2/c9-7-2-4(11)1-5(8(12)13)6(7)3-10/h1-2H,11H2,(H,12,13). The zero-order valence-corrected chi connectivity index (χ0v) is 8.00. The van der Waals surface area contributed by atoms with E-state index in [-0.39, 0.29) is 11.1 Å². The Kier molecular flexibility index (Phi) is 2.54. The van der Waals surface area contributed by atoms with Crippen molar-refractivity contribution in [2.75, 3.05) is 5.73 Å². The molecule has 0 aliphatic rings. The van der Waals surface area contributed by atoms with Gasteiger partial charge in [0, 0.05) is 10.2 Å². The van der Waals surface area contributed by atoms with Crippen LogP contribution in [0.2, 0.25) is 0 Å². The first-order valence-corrected chi connectivity index (χ1v) is 4.08. The minimum atomic E-state index is -1.16. The fraction of sp³-hybridized carbons (Fsp3) is 0. The van der Waals surface area contributed by atoms with E-state index in [0.717, 1.165) is 0 Å². The third kappa shape index (κ3) is 1.79. The zero-order chi connectivity index (χ0) is 10.0. The Morgan fingerprint density at radius 3 is 2.69 bits per heavy atom. The van der Waals surface area contributed by atoms with E-state index in [2.05, 4.69) is 15.9 Å². The molecule has 0 radical (unpaired) electrons. The van der Waals surface area contributed by atoms with Crippen molar-refractivity contribution in [3.05, 3.63) is 27.7 Å². The minimum absolute atomic E-state index is 0.0849. The van der Waals surface area contributed by atoms with Crippen LogP contribution in [-0.2, 0) is 0 Å². The summed E-state index contributed by atoms with van der Waals surface area (Å²) in [6.45, 7) is 0. The number of rotatable bonds is 1. The first kappa shape index (κ1) is 9.55. The number of nitrogens with two attached hydrogens (primary N) is 1. The molecule has 5 heteroatoms. The number of benzene rings is 1. The lowest BCUT2D eigenvalue weighted by atomic mass is 10.1. The van der Waals surface area contributed by atoms with Crippen LogP contribution < -0.4 is 5.73 Å². The Morgan fingerprint density at radius 1 is 1.62 bits per heavy atom. The molecule has 0 atom stereocenters. The van der Waals surface area contributed by atoms with Crippen molar-refractivity contribution in [1.29, 1.82) is 5.26 Å². The SMILES string of the molecule is N#Cc1c(Br)cc(N)cc1C(=O)O. The molecule has 0 spiro atoms. The molecule has 0 fully saturated rings. The van der Waals surface area contributed by atoms with Gasteiger partial charge in [-0.05, 0) is 28.1 Å². The maximum atomic E-state index is 10.7. The average molecular weight is 241 g/mol. The average Bonchev–Trinajstić information content (AvgIpc) is 2.02. The van der Waals surface area contributed by atoms with Crippen LogP contribution in [0.15, 0.2) is 16.6 Å². The van der Waals surface area contributed by atoms with E-state index >= 15 is 0 Å². The van der Waals surface area contributed by atoms with E-state index < -0.39 is 5.97 Å². The molecule has 0 bridgehead atoms. The number of anilines is 1. The molecule has 0 saturated heterocycles. The van der Waals surface area contributed by atoms with Gasteiger partial charge in [-0.1, -0.05) is 0 Å². The van der Waals surface area contributed by atoms with Crippen LogP contribution in [0.5, 0.6) is 0 Å². The lowest BCUT2D eigenvalue weighted by Gasteiger charge is -2.02. The summed E-state index contributed by atoms with van der Waals surface area (Å²) in [7, 11) is 0. The molecule has 4 nitrogen and oxygen atoms in total. The Balaban J connectivity index is 3.50. The molecule has 0 unspecified atom stereocenters. The third-order valence-electron chi connectivity index (χ3n) is 1.45. The molecule has 0 amide bonds. The molecular formula is C8H5BrN2O2. The molecule has 0 heterocycles. The van der Waals surface area contributed by atoms with Crippen LogP contribution in [0, 0.1) is 11.3 Å². The molecule has 3 N–H and O–H groups in total. The molecule has 0 aliphatic heterocycles. The Hall–Kier alpha value is -1.54. The van der Waals surface area contributed by atoms with E-state index in [1.165, 1.54) is 12.1 Å². The molecule has 1 aromatic rings. The number of carboxylic acids is 1. The van der Waals surface area contributed by atoms with Gasteiger partial charge in [0.1, 0.15) is 6.07 Å². The number of nitrogens with zero attached hydrogens (tertiary/aromatic N) is 1. The zero-order valence-electron chi connectivity index (χ0n) is 6.41. The van der Waals surface area contributed by atoms with Gasteiger partial charge >= 0.3 is 5.97 Å². The van der Waals surface area contributed by atoms with E-state index in [9.17, 15) is 4.79 Å². The van der Waals surface area contributed by atoms with Gasteiger partial charge < -0.3 is 10.8 Å². The van der Waals surface area contributed by atoms with Crippen molar-refractivity contribution in [2.45, 2.75) is 0 Å². The Labute approximate surface area is 82.7 Å². The van der Waals surface area contributed by atoms with Gasteiger partial charge in [-0.2, -0.15) is 5.26 Å². The second-order valence-corrected chi connectivity index (χ2v) is 3.20. The number of halogens is 1. The molecular weight excluding hydrogens is 236 g/mol. The first-order valence-electron chi connectivity index (χ1n) is 3.28. The largest absolute Gasteiger partial charge is 0.478 e. The van der Waals surface area contributed by atoms with Gasteiger partial charge in [0.25, 0.3) is 0 Å². The molecule has 1 rings (SSSR count). The maximum absolute atomic E-state index is 10.7. The van der Waals surface area contributed by atoms with Crippen molar-refractivity contribution in [3.8, 4) is 6.07 Å². The molecule has 0 saturated carbocycles. The van der Waals surface area contributed by atoms with Gasteiger partial charge in [0.2, 0.25) is 0 Å². The normalized spacial score (nSPS) is 9.23. The van der Waals surface area contributed by atoms with Crippen molar-refractivity contribution >= 4 is 27.6 Å². The second-order valence-electron chi connectivity index (χ2n) is 2.34. The van der Waals surface area contributed by atoms with Gasteiger partial charge in [-0.3, -0.25) is 0 Å². The fourth-order valence-electron chi connectivity index (χ4n) is 0.910. The summed E-state index contributed by atoms with van der Waals surface area (Å²) >= 11 is 3.06. The third-order valence-corrected chi connectivity index (χ3v) is 2.08. The van der Waals surface area contributed by atoms with E-state index in [0.29, 0.717) is 10.2 Å². The van der Waals surface area contributed by atoms with Crippen molar-refractivity contribution in [1.82, 2.24) is 0 Å². The molecule has 0 aliphatic carbocycles. The Morgan fingerprint density at radius 2 is 2.23 bits per heavy atom. The second kappa shape index (κ2) is 3.46. The number of carboxylic acid groups (broad SMARTS) is 1. The van der Waals surface area contributed by atoms with Crippen LogP contribution in [0.25, 0.3) is 0 Å². The lowest BCUT2D eigenvalue weighted by Crippen LogP contribution is -2.02. The summed E-state index contributed by atoms with van der Waals surface area (Å²) in [6, 6.07) is 4.54. The van der Waals surface area contributed by atoms with Gasteiger partial charge in [-0.15, -0.1) is 0 Å². The highest BCUT2D eigenvalue weighted by atomic mass is 79.9. The molecule has 0 aromatic heterocycles. The molecule has 1 aromatic carbocycles. The minimum Gasteiger partial charge on any atom is -0.478 e. The topological polar surface area (TPSA) is 87.1 Å². The van der Waals surface area contributed by atoms with Crippen LogP contribution >= 0.6 is 15.9 Å². The highest BCUT2D eigenvalue weighted by Gasteiger charge is 2.13. The number of hydrogen-bond donors (Lipinski definition) is 2. The quantitative estimate of drug-likeness (QED) is 0.731. The maximum Gasteiger partial charge on any atom is 0.337 e. The van der Waals surface area contributed by atoms with Crippen molar-refractivity contribution in [3.63, 3.8) is 0 Å². The number of nitrogen functional groups attached to an aromatic ring is 1.